The smallest absolute Gasteiger partial charge is 0.226 e. The number of hydrogen-bond acceptors (Lipinski definition) is 3. The number of benzene rings is 2. The maximum atomic E-state index is 13.9. The maximum absolute atomic E-state index is 13.9. The highest BCUT2D eigenvalue weighted by atomic mass is 35.5. The minimum Gasteiger partial charge on any atom is -0.332 e. The Kier molecular flexibility index (Phi) is 9.22. The van der Waals surface area contributed by atoms with Crippen LogP contribution >= 0.6 is 11.6 Å². The fourth-order valence-electron chi connectivity index (χ4n) is 5.39. The molecular weight excluding hydrogens is 468 g/mol. The van der Waals surface area contributed by atoms with Crippen molar-refractivity contribution in [1.29, 1.82) is 0 Å². The van der Waals surface area contributed by atoms with Crippen molar-refractivity contribution in [2.24, 2.45) is 17.6 Å². The summed E-state index contributed by atoms with van der Waals surface area (Å²) >= 11 is 6.32. The van der Waals surface area contributed by atoms with Crippen molar-refractivity contribution < 1.29 is 4.79 Å². The first kappa shape index (κ1) is 26.4. The molecule has 4 rings (SSSR count). The van der Waals surface area contributed by atoms with Gasteiger partial charge in [0.2, 0.25) is 5.91 Å². The summed E-state index contributed by atoms with van der Waals surface area (Å²) in [6.45, 7) is 6.28. The van der Waals surface area contributed by atoms with E-state index in [4.69, 9.17) is 22.3 Å². The molecule has 0 aliphatic heterocycles. The van der Waals surface area contributed by atoms with Crippen molar-refractivity contribution in [3.63, 3.8) is 0 Å². The average molecular weight is 507 g/mol. The molecule has 1 atom stereocenters. The maximum Gasteiger partial charge on any atom is 0.226 e. The van der Waals surface area contributed by atoms with Gasteiger partial charge >= 0.3 is 0 Å². The predicted octanol–water partition coefficient (Wildman–Crippen LogP) is 6.71. The number of aromatic nitrogens is 2. The molecule has 3 aromatic rings. The number of nitrogens with zero attached hydrogens (tertiary/aromatic N) is 3. The third kappa shape index (κ3) is 6.37. The van der Waals surface area contributed by atoms with Gasteiger partial charge in [-0.3, -0.25) is 4.79 Å². The molecule has 0 bridgehead atoms. The summed E-state index contributed by atoms with van der Waals surface area (Å²) in [5.74, 6) is 1.48. The Morgan fingerprint density at radius 2 is 1.86 bits per heavy atom. The SMILES string of the molecule is CC(C)C(c1nc(-c2cccc(Cl)c2)cn1Cc1ccccc1)N(CCCN)C(=O)C1CCCCC1. The first-order chi connectivity index (χ1) is 17.5. The van der Waals surface area contributed by atoms with Gasteiger partial charge in [0.15, 0.2) is 0 Å². The van der Waals surface area contributed by atoms with Gasteiger partial charge in [0.1, 0.15) is 5.82 Å². The minimum absolute atomic E-state index is 0.0997. The van der Waals surface area contributed by atoms with Crippen molar-refractivity contribution in [1.82, 2.24) is 14.5 Å². The van der Waals surface area contributed by atoms with Crippen LogP contribution in [0.5, 0.6) is 0 Å². The van der Waals surface area contributed by atoms with E-state index in [1.807, 2.05) is 30.3 Å². The second kappa shape index (κ2) is 12.6. The van der Waals surface area contributed by atoms with E-state index in [9.17, 15) is 4.79 Å². The van der Waals surface area contributed by atoms with E-state index in [-0.39, 0.29) is 23.8 Å². The summed E-state index contributed by atoms with van der Waals surface area (Å²) in [6, 6.07) is 18.1. The lowest BCUT2D eigenvalue weighted by Gasteiger charge is -2.37. The van der Waals surface area contributed by atoms with Gasteiger partial charge < -0.3 is 15.2 Å². The molecule has 2 N–H and O–H groups in total. The highest BCUT2D eigenvalue weighted by molar-refractivity contribution is 6.30. The van der Waals surface area contributed by atoms with Crippen molar-refractivity contribution in [3.8, 4) is 11.3 Å². The van der Waals surface area contributed by atoms with Crippen LogP contribution in [-0.2, 0) is 11.3 Å². The molecule has 1 aliphatic rings. The summed E-state index contributed by atoms with van der Waals surface area (Å²) in [7, 11) is 0. The van der Waals surface area contributed by atoms with Crippen LogP contribution in [0.1, 0.15) is 69.8 Å². The molecule has 0 radical (unpaired) electrons. The third-order valence-electron chi connectivity index (χ3n) is 7.20. The first-order valence-electron chi connectivity index (χ1n) is 13.4. The third-order valence-corrected chi connectivity index (χ3v) is 7.43. The normalized spacial score (nSPS) is 15.2. The molecule has 1 aliphatic carbocycles. The van der Waals surface area contributed by atoms with Crippen molar-refractivity contribution in [3.05, 3.63) is 77.2 Å². The second-order valence-electron chi connectivity index (χ2n) is 10.3. The number of hydrogen-bond donors (Lipinski definition) is 1. The molecule has 1 unspecified atom stereocenters. The topological polar surface area (TPSA) is 64.2 Å². The molecule has 1 fully saturated rings. The molecule has 2 aromatic carbocycles. The lowest BCUT2D eigenvalue weighted by atomic mass is 9.87. The van der Waals surface area contributed by atoms with Gasteiger partial charge in [-0.2, -0.15) is 0 Å². The highest BCUT2D eigenvalue weighted by Crippen LogP contribution is 2.35. The van der Waals surface area contributed by atoms with E-state index in [0.717, 1.165) is 49.2 Å². The molecule has 0 saturated heterocycles. The van der Waals surface area contributed by atoms with Crippen LogP contribution in [-0.4, -0.2) is 33.4 Å². The van der Waals surface area contributed by atoms with Gasteiger partial charge in [-0.1, -0.05) is 87.2 Å². The molecule has 1 aromatic heterocycles. The van der Waals surface area contributed by atoms with Crippen LogP contribution in [0.25, 0.3) is 11.3 Å². The average Bonchev–Trinajstić information content (AvgIpc) is 3.30. The van der Waals surface area contributed by atoms with E-state index >= 15 is 0 Å². The van der Waals surface area contributed by atoms with Crippen LogP contribution in [0.15, 0.2) is 60.8 Å². The van der Waals surface area contributed by atoms with E-state index in [1.54, 1.807) is 0 Å². The van der Waals surface area contributed by atoms with E-state index < -0.39 is 0 Å². The van der Waals surface area contributed by atoms with Gasteiger partial charge in [-0.15, -0.1) is 0 Å². The van der Waals surface area contributed by atoms with Crippen molar-refractivity contribution >= 4 is 17.5 Å². The number of nitrogens with two attached hydrogens (primary N) is 1. The van der Waals surface area contributed by atoms with E-state index in [2.05, 4.69) is 53.8 Å². The Balaban J connectivity index is 1.78. The Morgan fingerprint density at radius 1 is 1.11 bits per heavy atom. The fraction of sp³-hybridized carbons (Fsp3) is 0.467. The zero-order valence-electron chi connectivity index (χ0n) is 21.6. The summed E-state index contributed by atoms with van der Waals surface area (Å²) in [6.07, 6.45) is 8.34. The molecule has 1 amide bonds. The summed E-state index contributed by atoms with van der Waals surface area (Å²) in [5, 5.41) is 0.684. The van der Waals surface area contributed by atoms with Crippen LogP contribution in [0.3, 0.4) is 0 Å². The van der Waals surface area contributed by atoms with Gasteiger partial charge in [-0.05, 0) is 49.4 Å². The monoisotopic (exact) mass is 506 g/mol. The van der Waals surface area contributed by atoms with Crippen LogP contribution in [0.2, 0.25) is 5.02 Å². The zero-order chi connectivity index (χ0) is 25.5. The van der Waals surface area contributed by atoms with Crippen molar-refractivity contribution in [2.75, 3.05) is 13.1 Å². The zero-order valence-corrected chi connectivity index (χ0v) is 22.3. The number of carbonyl (C=O) groups excluding carboxylic acids is 1. The number of rotatable bonds is 10. The Hall–Kier alpha value is -2.63. The van der Waals surface area contributed by atoms with Crippen LogP contribution in [0, 0.1) is 11.8 Å². The molecule has 0 spiro atoms. The Morgan fingerprint density at radius 3 is 2.53 bits per heavy atom. The number of imidazole rings is 1. The molecule has 192 valence electrons. The lowest BCUT2D eigenvalue weighted by Crippen LogP contribution is -2.43. The number of halogens is 1. The second-order valence-corrected chi connectivity index (χ2v) is 10.7. The van der Waals surface area contributed by atoms with Gasteiger partial charge in [-0.25, -0.2) is 4.98 Å². The minimum atomic E-state index is -0.136. The molecule has 1 heterocycles. The quantitative estimate of drug-likeness (QED) is 0.332. The van der Waals surface area contributed by atoms with Gasteiger partial charge in [0, 0.05) is 35.8 Å². The van der Waals surface area contributed by atoms with E-state index in [0.29, 0.717) is 24.7 Å². The van der Waals surface area contributed by atoms with Crippen LogP contribution < -0.4 is 5.73 Å². The summed E-state index contributed by atoms with van der Waals surface area (Å²) in [4.78, 5) is 21.2. The first-order valence-corrected chi connectivity index (χ1v) is 13.7. The van der Waals surface area contributed by atoms with Gasteiger partial charge in [0.05, 0.1) is 11.7 Å². The van der Waals surface area contributed by atoms with Gasteiger partial charge in [0.25, 0.3) is 0 Å². The molecule has 5 nitrogen and oxygen atoms in total. The standard InChI is InChI=1S/C30H39ClN4O/c1-22(2)28(35(18-10-17-32)30(36)24-13-7-4-8-14-24)29-33-27(25-15-9-16-26(31)19-25)21-34(29)20-23-11-5-3-6-12-23/h3,5-6,9,11-12,15-16,19,21-22,24,28H,4,7-8,10,13-14,17-18,20,32H2,1-2H3. The summed E-state index contributed by atoms with van der Waals surface area (Å²) in [5.41, 5.74) is 8.97. The Bertz CT molecular complexity index is 1120. The molecule has 36 heavy (non-hydrogen) atoms. The number of amides is 1. The summed E-state index contributed by atoms with van der Waals surface area (Å²) < 4.78 is 2.22. The number of carbonyl (C=O) groups is 1. The Labute approximate surface area is 220 Å². The fourth-order valence-corrected chi connectivity index (χ4v) is 5.58. The molecule has 1 saturated carbocycles. The van der Waals surface area contributed by atoms with E-state index in [1.165, 1.54) is 12.0 Å². The van der Waals surface area contributed by atoms with Crippen LogP contribution in [0.4, 0.5) is 0 Å². The highest BCUT2D eigenvalue weighted by Gasteiger charge is 2.35. The lowest BCUT2D eigenvalue weighted by molar-refractivity contribution is -0.140. The largest absolute Gasteiger partial charge is 0.332 e. The predicted molar refractivity (Wildman–Crippen MR) is 148 cm³/mol. The molecule has 6 heteroatoms. The molecular formula is C30H39ClN4O. The van der Waals surface area contributed by atoms with Crippen molar-refractivity contribution in [2.45, 2.75) is 65.0 Å².